The van der Waals surface area contributed by atoms with Gasteiger partial charge < -0.3 is 9.64 Å². The molecule has 2 aromatic rings. The summed E-state index contributed by atoms with van der Waals surface area (Å²) in [5.41, 5.74) is 0.883. The highest BCUT2D eigenvalue weighted by atomic mass is 32.2. The summed E-state index contributed by atoms with van der Waals surface area (Å²) in [7, 11) is -1.82. The molecule has 0 aliphatic heterocycles. The zero-order valence-corrected chi connectivity index (χ0v) is 13.7. The van der Waals surface area contributed by atoms with Crippen molar-refractivity contribution in [2.45, 2.75) is 11.4 Å². The maximum Gasteiger partial charge on any atom is 0.210 e. The molecular weight excluding hydrogens is 314 g/mol. The predicted molar refractivity (Wildman–Crippen MR) is 88.0 cm³/mol. The Morgan fingerprint density at radius 1 is 1.09 bits per heavy atom. The Labute approximate surface area is 136 Å². The van der Waals surface area contributed by atoms with Gasteiger partial charge in [-0.1, -0.05) is 30.3 Å². The molecule has 1 amide bonds. The molecule has 2 rings (SSSR count). The van der Waals surface area contributed by atoms with Crippen molar-refractivity contribution in [3.05, 3.63) is 60.2 Å². The van der Waals surface area contributed by atoms with Crippen LogP contribution < -0.4 is 4.74 Å². The summed E-state index contributed by atoms with van der Waals surface area (Å²) in [5, 5.41) is 0. The molecule has 0 spiro atoms. The molecule has 0 saturated carbocycles. The summed E-state index contributed by atoms with van der Waals surface area (Å²) < 4.78 is 29.6. The second-order valence-corrected chi connectivity index (χ2v) is 7.17. The average Bonchev–Trinajstić information content (AvgIpc) is 2.59. The van der Waals surface area contributed by atoms with Crippen LogP contribution in [0.25, 0.3) is 0 Å². The van der Waals surface area contributed by atoms with Crippen molar-refractivity contribution in [3.8, 4) is 5.75 Å². The van der Waals surface area contributed by atoms with Gasteiger partial charge in [-0.25, -0.2) is 8.42 Å². The molecule has 0 aliphatic carbocycles. The van der Waals surface area contributed by atoms with Gasteiger partial charge in [-0.15, -0.1) is 0 Å². The number of sulfone groups is 1. The number of nitrogens with zero attached hydrogens (tertiary/aromatic N) is 1. The first kappa shape index (κ1) is 17.0. The molecule has 0 atom stereocenters. The van der Waals surface area contributed by atoms with Crippen LogP contribution >= 0.6 is 0 Å². The lowest BCUT2D eigenvalue weighted by atomic mass is 10.2. The molecule has 0 N–H and O–H groups in total. The Morgan fingerprint density at radius 2 is 1.83 bits per heavy atom. The van der Waals surface area contributed by atoms with Crippen molar-refractivity contribution in [2.75, 3.05) is 19.4 Å². The summed E-state index contributed by atoms with van der Waals surface area (Å²) in [6.45, 7) is 0.475. The summed E-state index contributed by atoms with van der Waals surface area (Å²) in [5.74, 6) is 0.588. The molecular formula is C17H19NO4S. The highest BCUT2D eigenvalue weighted by Gasteiger charge is 2.15. The highest BCUT2D eigenvalue weighted by Crippen LogP contribution is 2.15. The van der Waals surface area contributed by atoms with Crippen molar-refractivity contribution in [1.29, 1.82) is 0 Å². The van der Waals surface area contributed by atoms with Crippen molar-refractivity contribution in [2.24, 2.45) is 0 Å². The highest BCUT2D eigenvalue weighted by molar-refractivity contribution is 7.91. The Kier molecular flexibility index (Phi) is 5.76. The van der Waals surface area contributed by atoms with Gasteiger partial charge in [0.05, 0.1) is 17.8 Å². The summed E-state index contributed by atoms with van der Waals surface area (Å²) >= 11 is 0. The van der Waals surface area contributed by atoms with Crippen molar-refractivity contribution < 1.29 is 17.9 Å². The minimum atomic E-state index is -3.40. The lowest BCUT2D eigenvalue weighted by molar-refractivity contribution is -0.118. The molecule has 23 heavy (non-hydrogen) atoms. The molecule has 6 heteroatoms. The first-order valence-electron chi connectivity index (χ1n) is 7.15. The SMILES string of the molecule is COc1cccc(CN(C=O)CCS(=O)(=O)c2ccccc2)c1. The monoisotopic (exact) mass is 333 g/mol. The van der Waals surface area contributed by atoms with Crippen LogP contribution in [0.1, 0.15) is 5.56 Å². The fraction of sp³-hybridized carbons (Fsp3) is 0.235. The number of hydrogen-bond donors (Lipinski definition) is 0. The number of ether oxygens (including phenoxy) is 1. The molecule has 0 radical (unpaired) electrons. The zero-order chi connectivity index (χ0) is 16.7. The Hall–Kier alpha value is -2.34. The van der Waals surface area contributed by atoms with E-state index in [1.807, 2.05) is 24.3 Å². The van der Waals surface area contributed by atoms with Crippen LogP contribution in [-0.2, 0) is 21.2 Å². The van der Waals surface area contributed by atoms with Crippen LogP contribution in [0.4, 0.5) is 0 Å². The first-order chi connectivity index (χ1) is 11.0. The van der Waals surface area contributed by atoms with E-state index < -0.39 is 9.84 Å². The van der Waals surface area contributed by atoms with Gasteiger partial charge in [0.15, 0.2) is 9.84 Å². The smallest absolute Gasteiger partial charge is 0.210 e. The number of carbonyl (C=O) groups excluding carboxylic acids is 1. The third-order valence-corrected chi connectivity index (χ3v) is 5.13. The van der Waals surface area contributed by atoms with Gasteiger partial charge in [-0.05, 0) is 29.8 Å². The second-order valence-electron chi connectivity index (χ2n) is 5.06. The lowest BCUT2D eigenvalue weighted by Gasteiger charge is -2.17. The molecule has 0 heterocycles. The molecule has 122 valence electrons. The zero-order valence-electron chi connectivity index (χ0n) is 12.9. The van der Waals surface area contributed by atoms with Gasteiger partial charge in [0.2, 0.25) is 6.41 Å². The molecule has 0 unspecified atom stereocenters. The predicted octanol–water partition coefficient (Wildman–Crippen LogP) is 2.13. The van der Waals surface area contributed by atoms with Gasteiger partial charge in [0.25, 0.3) is 0 Å². The Bertz CT molecular complexity index is 744. The third-order valence-electron chi connectivity index (χ3n) is 3.42. The van der Waals surface area contributed by atoms with Crippen LogP contribution in [0.15, 0.2) is 59.5 Å². The van der Waals surface area contributed by atoms with E-state index in [4.69, 9.17) is 4.74 Å². The number of amides is 1. The van der Waals surface area contributed by atoms with Crippen molar-refractivity contribution in [3.63, 3.8) is 0 Å². The Morgan fingerprint density at radius 3 is 2.48 bits per heavy atom. The van der Waals surface area contributed by atoms with Gasteiger partial charge in [-0.3, -0.25) is 4.79 Å². The van der Waals surface area contributed by atoms with Crippen LogP contribution in [0, 0.1) is 0 Å². The second kappa shape index (κ2) is 7.78. The van der Waals surface area contributed by atoms with Gasteiger partial charge in [0.1, 0.15) is 5.75 Å². The van der Waals surface area contributed by atoms with E-state index in [9.17, 15) is 13.2 Å². The number of rotatable bonds is 8. The number of carbonyl (C=O) groups is 1. The average molecular weight is 333 g/mol. The number of hydrogen-bond acceptors (Lipinski definition) is 4. The number of methoxy groups -OCH3 is 1. The van der Waals surface area contributed by atoms with Crippen molar-refractivity contribution in [1.82, 2.24) is 4.90 Å². The van der Waals surface area contributed by atoms with E-state index in [0.29, 0.717) is 18.7 Å². The molecule has 0 aliphatic rings. The van der Waals surface area contributed by atoms with Crippen LogP contribution in [0.2, 0.25) is 0 Å². The first-order valence-corrected chi connectivity index (χ1v) is 8.80. The maximum absolute atomic E-state index is 12.2. The molecule has 0 fully saturated rings. The van der Waals surface area contributed by atoms with E-state index in [-0.39, 0.29) is 17.2 Å². The van der Waals surface area contributed by atoms with E-state index in [0.717, 1.165) is 5.56 Å². The molecule has 5 nitrogen and oxygen atoms in total. The van der Waals surface area contributed by atoms with Crippen LogP contribution in [-0.4, -0.2) is 39.1 Å². The largest absolute Gasteiger partial charge is 0.497 e. The van der Waals surface area contributed by atoms with E-state index >= 15 is 0 Å². The summed E-state index contributed by atoms with van der Waals surface area (Å²) in [4.78, 5) is 12.9. The van der Waals surface area contributed by atoms with E-state index in [1.165, 1.54) is 4.90 Å². The minimum absolute atomic E-state index is 0.111. The van der Waals surface area contributed by atoms with E-state index in [1.54, 1.807) is 37.4 Å². The van der Waals surface area contributed by atoms with Crippen molar-refractivity contribution >= 4 is 16.2 Å². The quantitative estimate of drug-likeness (QED) is 0.694. The topological polar surface area (TPSA) is 63.7 Å². The third kappa shape index (κ3) is 4.82. The molecule has 0 bridgehead atoms. The van der Waals surface area contributed by atoms with Crippen LogP contribution in [0.3, 0.4) is 0 Å². The number of benzene rings is 2. The fourth-order valence-corrected chi connectivity index (χ4v) is 3.44. The summed E-state index contributed by atoms with van der Waals surface area (Å²) in [6.07, 6.45) is 0.667. The van der Waals surface area contributed by atoms with E-state index in [2.05, 4.69) is 0 Å². The Balaban J connectivity index is 2.01. The normalized spacial score (nSPS) is 11.0. The van der Waals surface area contributed by atoms with Gasteiger partial charge in [0, 0.05) is 13.1 Å². The maximum atomic E-state index is 12.2. The molecule has 2 aromatic carbocycles. The van der Waals surface area contributed by atoms with Gasteiger partial charge in [-0.2, -0.15) is 0 Å². The molecule has 0 aromatic heterocycles. The summed E-state index contributed by atoms with van der Waals surface area (Å²) in [6, 6.07) is 15.6. The minimum Gasteiger partial charge on any atom is -0.497 e. The van der Waals surface area contributed by atoms with Crippen LogP contribution in [0.5, 0.6) is 5.75 Å². The standard InChI is InChI=1S/C17H19NO4S/c1-22-16-7-5-6-15(12-16)13-18(14-19)10-11-23(20,21)17-8-3-2-4-9-17/h2-9,12,14H,10-11,13H2,1H3. The molecule has 0 saturated heterocycles. The van der Waals surface area contributed by atoms with Gasteiger partial charge >= 0.3 is 0 Å². The lowest BCUT2D eigenvalue weighted by Crippen LogP contribution is -2.28. The fourth-order valence-electron chi connectivity index (χ4n) is 2.16.